The molecule has 0 saturated carbocycles. The average molecular weight is 429 g/mol. The van der Waals surface area contributed by atoms with Crippen molar-refractivity contribution in [3.63, 3.8) is 0 Å². The second-order valence-electron chi connectivity index (χ2n) is 8.92. The van der Waals surface area contributed by atoms with E-state index in [0.717, 1.165) is 19.3 Å². The van der Waals surface area contributed by atoms with Crippen LogP contribution in [-0.4, -0.2) is 36.9 Å². The van der Waals surface area contributed by atoms with Crippen molar-refractivity contribution in [1.29, 1.82) is 0 Å². The average Bonchev–Trinajstić information content (AvgIpc) is 2.73. The summed E-state index contributed by atoms with van der Waals surface area (Å²) in [4.78, 5) is 23.9. The number of esters is 2. The fourth-order valence-corrected chi connectivity index (χ4v) is 3.40. The van der Waals surface area contributed by atoms with Crippen molar-refractivity contribution >= 4 is 11.9 Å². The topological polar surface area (TPSA) is 72.8 Å². The van der Waals surface area contributed by atoms with E-state index in [-0.39, 0.29) is 13.2 Å². The highest BCUT2D eigenvalue weighted by Gasteiger charge is 2.39. The van der Waals surface area contributed by atoms with E-state index < -0.39 is 17.4 Å². The smallest absolute Gasteiger partial charge is 0.322 e. The Balaban J connectivity index is 3.42. The van der Waals surface area contributed by atoms with Crippen molar-refractivity contribution in [2.75, 3.05) is 19.8 Å². The first-order valence-corrected chi connectivity index (χ1v) is 12.4. The summed E-state index contributed by atoms with van der Waals surface area (Å²) in [5, 5.41) is 8.69. The highest BCUT2D eigenvalue weighted by atomic mass is 16.6. The van der Waals surface area contributed by atoms with E-state index in [9.17, 15) is 9.59 Å². The highest BCUT2D eigenvalue weighted by Crippen LogP contribution is 2.20. The maximum atomic E-state index is 12.0. The molecule has 1 N–H and O–H groups in total. The van der Waals surface area contributed by atoms with E-state index in [4.69, 9.17) is 14.6 Å². The number of ether oxygens (including phenoxy) is 2. The van der Waals surface area contributed by atoms with Crippen molar-refractivity contribution in [2.45, 2.75) is 124 Å². The molecule has 0 atom stereocenters. The Kier molecular flexibility index (Phi) is 19.1. The van der Waals surface area contributed by atoms with Crippen LogP contribution in [0.4, 0.5) is 0 Å². The molecule has 0 aromatic carbocycles. The van der Waals surface area contributed by atoms with Gasteiger partial charge in [0.2, 0.25) is 0 Å². The van der Waals surface area contributed by atoms with Gasteiger partial charge in [-0.3, -0.25) is 9.59 Å². The minimum absolute atomic E-state index is 0.103. The molecule has 0 aromatic heterocycles. The minimum atomic E-state index is -1.33. The number of hydrogen-bond acceptors (Lipinski definition) is 5. The van der Waals surface area contributed by atoms with Crippen molar-refractivity contribution in [3.05, 3.63) is 0 Å². The SMILES string of the molecule is CCCCCCCCCCCCCCCCCCOC(=O)C(C)(C)C(=O)OCCO. The standard InChI is InChI=1S/C25H48O5/c1-4-5-6-7-8-9-10-11-12-13-14-15-16-17-18-19-21-29-23(27)25(2,3)24(28)30-22-20-26/h26H,4-22H2,1-3H3. The van der Waals surface area contributed by atoms with Gasteiger partial charge in [0.25, 0.3) is 0 Å². The Bertz CT molecular complexity index is 420. The van der Waals surface area contributed by atoms with Crippen LogP contribution in [0, 0.1) is 5.41 Å². The molecule has 0 bridgehead atoms. The van der Waals surface area contributed by atoms with Gasteiger partial charge in [0, 0.05) is 0 Å². The first-order chi connectivity index (χ1) is 14.5. The van der Waals surface area contributed by atoms with Crippen LogP contribution in [0.5, 0.6) is 0 Å². The van der Waals surface area contributed by atoms with Gasteiger partial charge in [-0.2, -0.15) is 0 Å². The Morgan fingerprint density at radius 2 is 0.933 bits per heavy atom. The van der Waals surface area contributed by atoms with Crippen LogP contribution in [-0.2, 0) is 19.1 Å². The molecule has 0 rings (SSSR count). The number of carbonyl (C=O) groups is 2. The van der Waals surface area contributed by atoms with Crippen LogP contribution in [0.25, 0.3) is 0 Å². The van der Waals surface area contributed by atoms with Gasteiger partial charge < -0.3 is 14.6 Å². The van der Waals surface area contributed by atoms with Gasteiger partial charge in [-0.25, -0.2) is 0 Å². The molecule has 5 nitrogen and oxygen atoms in total. The number of unbranched alkanes of at least 4 members (excludes halogenated alkanes) is 15. The summed E-state index contributed by atoms with van der Waals surface area (Å²) in [6, 6.07) is 0. The van der Waals surface area contributed by atoms with Crippen molar-refractivity contribution in [3.8, 4) is 0 Å². The van der Waals surface area contributed by atoms with Crippen molar-refractivity contribution < 1.29 is 24.2 Å². The molecule has 0 radical (unpaired) electrons. The molecular formula is C25H48O5. The van der Waals surface area contributed by atoms with Gasteiger partial charge in [0.15, 0.2) is 5.41 Å². The summed E-state index contributed by atoms with van der Waals surface area (Å²) in [6.07, 6.45) is 20.8. The lowest BCUT2D eigenvalue weighted by atomic mass is 9.94. The van der Waals surface area contributed by atoms with Gasteiger partial charge in [-0.05, 0) is 20.3 Å². The van der Waals surface area contributed by atoms with E-state index >= 15 is 0 Å². The summed E-state index contributed by atoms with van der Waals surface area (Å²) in [7, 11) is 0. The minimum Gasteiger partial charge on any atom is -0.465 e. The number of rotatable bonds is 21. The zero-order valence-corrected chi connectivity index (χ0v) is 20.0. The van der Waals surface area contributed by atoms with Crippen LogP contribution >= 0.6 is 0 Å². The van der Waals surface area contributed by atoms with Crippen LogP contribution in [0.3, 0.4) is 0 Å². The van der Waals surface area contributed by atoms with E-state index in [1.165, 1.54) is 97.3 Å². The zero-order chi connectivity index (χ0) is 22.5. The zero-order valence-electron chi connectivity index (χ0n) is 20.0. The first-order valence-electron chi connectivity index (χ1n) is 12.4. The molecule has 30 heavy (non-hydrogen) atoms. The second-order valence-corrected chi connectivity index (χ2v) is 8.92. The van der Waals surface area contributed by atoms with E-state index in [1.807, 2.05) is 0 Å². The monoisotopic (exact) mass is 428 g/mol. The number of aliphatic hydroxyl groups excluding tert-OH is 1. The van der Waals surface area contributed by atoms with Gasteiger partial charge in [-0.1, -0.05) is 103 Å². The predicted octanol–water partition coefficient (Wildman–Crippen LogP) is 6.35. The normalized spacial score (nSPS) is 11.5. The Labute approximate surface area is 185 Å². The number of aliphatic hydroxyl groups is 1. The first kappa shape index (κ1) is 28.9. The van der Waals surface area contributed by atoms with E-state index in [1.54, 1.807) is 0 Å². The van der Waals surface area contributed by atoms with Crippen LogP contribution < -0.4 is 0 Å². The summed E-state index contributed by atoms with van der Waals surface area (Å²) in [5.41, 5.74) is -1.33. The van der Waals surface area contributed by atoms with Crippen molar-refractivity contribution in [2.24, 2.45) is 5.41 Å². The lowest BCUT2D eigenvalue weighted by Gasteiger charge is -2.20. The molecule has 5 heteroatoms. The molecule has 0 aromatic rings. The molecular weight excluding hydrogens is 380 g/mol. The summed E-state index contributed by atoms with van der Waals surface area (Å²) in [6.45, 7) is 5.23. The molecule has 0 spiro atoms. The molecule has 0 aliphatic heterocycles. The molecule has 0 fully saturated rings. The van der Waals surface area contributed by atoms with Gasteiger partial charge >= 0.3 is 11.9 Å². The largest absolute Gasteiger partial charge is 0.465 e. The van der Waals surface area contributed by atoms with E-state index in [0.29, 0.717) is 6.61 Å². The third-order valence-electron chi connectivity index (χ3n) is 5.58. The predicted molar refractivity (Wildman–Crippen MR) is 122 cm³/mol. The number of hydrogen-bond donors (Lipinski definition) is 1. The summed E-state index contributed by atoms with van der Waals surface area (Å²) >= 11 is 0. The summed E-state index contributed by atoms with van der Waals surface area (Å²) < 4.78 is 10.0. The fourth-order valence-electron chi connectivity index (χ4n) is 3.40. The molecule has 0 amide bonds. The van der Waals surface area contributed by atoms with E-state index in [2.05, 4.69) is 6.92 Å². The van der Waals surface area contributed by atoms with Crippen LogP contribution in [0.1, 0.15) is 124 Å². The molecule has 0 unspecified atom stereocenters. The fraction of sp³-hybridized carbons (Fsp3) is 0.920. The molecule has 0 aliphatic carbocycles. The third kappa shape index (κ3) is 15.7. The van der Waals surface area contributed by atoms with Gasteiger partial charge in [0.05, 0.1) is 13.2 Å². The third-order valence-corrected chi connectivity index (χ3v) is 5.58. The van der Waals surface area contributed by atoms with Crippen LogP contribution in [0.15, 0.2) is 0 Å². The Hall–Kier alpha value is -1.10. The highest BCUT2D eigenvalue weighted by molar-refractivity contribution is 5.99. The molecule has 0 aliphatic rings. The Morgan fingerprint density at radius 1 is 0.600 bits per heavy atom. The Morgan fingerprint density at radius 3 is 1.30 bits per heavy atom. The lowest BCUT2D eigenvalue weighted by molar-refractivity contribution is -0.170. The van der Waals surface area contributed by atoms with Gasteiger partial charge in [-0.15, -0.1) is 0 Å². The van der Waals surface area contributed by atoms with Crippen LogP contribution in [0.2, 0.25) is 0 Å². The second kappa shape index (κ2) is 19.8. The quantitative estimate of drug-likeness (QED) is 0.131. The number of carbonyl (C=O) groups excluding carboxylic acids is 2. The van der Waals surface area contributed by atoms with Gasteiger partial charge in [0.1, 0.15) is 6.61 Å². The molecule has 0 saturated heterocycles. The lowest BCUT2D eigenvalue weighted by Crippen LogP contribution is -2.37. The maximum absolute atomic E-state index is 12.0. The van der Waals surface area contributed by atoms with Crippen molar-refractivity contribution in [1.82, 2.24) is 0 Å². The maximum Gasteiger partial charge on any atom is 0.322 e. The summed E-state index contributed by atoms with van der Waals surface area (Å²) in [5.74, 6) is -1.22. The molecule has 178 valence electrons. The molecule has 0 heterocycles.